The Morgan fingerprint density at radius 1 is 1.31 bits per heavy atom. The minimum atomic E-state index is -0.542. The van der Waals surface area contributed by atoms with Crippen LogP contribution in [0.5, 0.6) is 5.75 Å². The number of ether oxygens (including phenoxy) is 1. The molecule has 4 rings (SSSR count). The fourth-order valence-corrected chi connectivity index (χ4v) is 4.08. The van der Waals surface area contributed by atoms with Gasteiger partial charge in [-0.1, -0.05) is 0 Å². The van der Waals surface area contributed by atoms with Crippen LogP contribution < -0.4 is 10.5 Å². The van der Waals surface area contributed by atoms with E-state index in [0.29, 0.717) is 48.0 Å². The number of aromatic nitrogens is 4. The summed E-state index contributed by atoms with van der Waals surface area (Å²) in [6.45, 7) is 3.46. The summed E-state index contributed by atoms with van der Waals surface area (Å²) < 4.78 is 7.26. The zero-order chi connectivity index (χ0) is 22.7. The van der Waals surface area contributed by atoms with Gasteiger partial charge in [0.25, 0.3) is 11.8 Å². The van der Waals surface area contributed by atoms with Crippen molar-refractivity contribution in [2.75, 3.05) is 20.2 Å². The molecule has 0 bridgehead atoms. The van der Waals surface area contributed by atoms with Crippen LogP contribution in [-0.2, 0) is 6.54 Å². The fourth-order valence-electron chi connectivity index (χ4n) is 4.08. The molecule has 1 aliphatic rings. The van der Waals surface area contributed by atoms with Gasteiger partial charge in [0.2, 0.25) is 0 Å². The lowest BCUT2D eigenvalue weighted by Gasteiger charge is -2.32. The summed E-state index contributed by atoms with van der Waals surface area (Å²) in [7, 11) is 1.62. The van der Waals surface area contributed by atoms with E-state index in [1.807, 2.05) is 29.3 Å². The molecule has 2 amide bonds. The Kier molecular flexibility index (Phi) is 6.16. The van der Waals surface area contributed by atoms with E-state index in [0.717, 1.165) is 18.4 Å². The quantitative estimate of drug-likeness (QED) is 0.635. The highest BCUT2D eigenvalue weighted by Gasteiger charge is 2.28. The molecule has 9 nitrogen and oxygen atoms in total. The van der Waals surface area contributed by atoms with E-state index < -0.39 is 5.91 Å². The molecule has 0 aliphatic carbocycles. The summed E-state index contributed by atoms with van der Waals surface area (Å²) in [5.74, 6) is 0.783. The summed E-state index contributed by atoms with van der Waals surface area (Å²) in [4.78, 5) is 35.4. The first-order valence-electron chi connectivity index (χ1n) is 10.5. The maximum absolute atomic E-state index is 13.3. The van der Waals surface area contributed by atoms with Gasteiger partial charge in [-0.25, -0.2) is 9.97 Å². The topological polar surface area (TPSA) is 116 Å². The monoisotopic (exact) mass is 434 g/mol. The molecule has 3 heterocycles. The van der Waals surface area contributed by atoms with Gasteiger partial charge in [0.1, 0.15) is 11.6 Å². The zero-order valence-corrected chi connectivity index (χ0v) is 18.2. The van der Waals surface area contributed by atoms with Crippen LogP contribution in [0.2, 0.25) is 0 Å². The number of methoxy groups -OCH3 is 1. The molecule has 1 saturated heterocycles. The Labute approximate surface area is 186 Å². The molecule has 1 fully saturated rings. The predicted octanol–water partition coefficient (Wildman–Crippen LogP) is 2.16. The van der Waals surface area contributed by atoms with Crippen LogP contribution in [0.4, 0.5) is 0 Å². The van der Waals surface area contributed by atoms with Crippen LogP contribution in [0, 0.1) is 6.92 Å². The Balaban J connectivity index is 1.53. The highest BCUT2D eigenvalue weighted by molar-refractivity contribution is 5.95. The summed E-state index contributed by atoms with van der Waals surface area (Å²) in [5.41, 5.74) is 7.73. The zero-order valence-electron chi connectivity index (χ0n) is 18.2. The highest BCUT2D eigenvalue weighted by atomic mass is 16.5. The number of nitrogens with two attached hydrogens (primary N) is 1. The van der Waals surface area contributed by atoms with Gasteiger partial charge in [-0.15, -0.1) is 0 Å². The van der Waals surface area contributed by atoms with Crippen molar-refractivity contribution in [2.24, 2.45) is 5.73 Å². The SMILES string of the molecule is COc1ccc(C(=O)N2CCC[C@@H](c3ncc(C(N)=O)c(C)n3)C2)cc1Cn1cccn1. The third kappa shape index (κ3) is 4.46. The molecule has 9 heteroatoms. The smallest absolute Gasteiger partial charge is 0.253 e. The molecule has 166 valence electrons. The van der Waals surface area contributed by atoms with Crippen LogP contribution in [0.3, 0.4) is 0 Å². The van der Waals surface area contributed by atoms with Crippen molar-refractivity contribution in [3.05, 3.63) is 71.1 Å². The van der Waals surface area contributed by atoms with Gasteiger partial charge in [0, 0.05) is 48.7 Å². The lowest BCUT2D eigenvalue weighted by Crippen LogP contribution is -2.39. The van der Waals surface area contributed by atoms with E-state index in [1.165, 1.54) is 6.20 Å². The molecule has 0 unspecified atom stereocenters. The number of hydrogen-bond acceptors (Lipinski definition) is 6. The molecule has 1 aliphatic heterocycles. The number of nitrogens with zero attached hydrogens (tertiary/aromatic N) is 5. The number of piperidine rings is 1. The average molecular weight is 435 g/mol. The highest BCUT2D eigenvalue weighted by Crippen LogP contribution is 2.27. The summed E-state index contributed by atoms with van der Waals surface area (Å²) in [6.07, 6.45) is 6.80. The van der Waals surface area contributed by atoms with Crippen molar-refractivity contribution < 1.29 is 14.3 Å². The Hall–Kier alpha value is -3.75. The maximum Gasteiger partial charge on any atom is 0.253 e. The van der Waals surface area contributed by atoms with Crippen LogP contribution in [0.15, 0.2) is 42.9 Å². The second-order valence-corrected chi connectivity index (χ2v) is 7.91. The number of amides is 2. The van der Waals surface area contributed by atoms with Crippen molar-refractivity contribution in [3.63, 3.8) is 0 Å². The number of aryl methyl sites for hydroxylation is 1. The molecule has 1 atom stereocenters. The normalized spacial score (nSPS) is 16.1. The summed E-state index contributed by atoms with van der Waals surface area (Å²) >= 11 is 0. The van der Waals surface area contributed by atoms with Crippen molar-refractivity contribution in [1.82, 2.24) is 24.6 Å². The van der Waals surface area contributed by atoms with E-state index in [9.17, 15) is 9.59 Å². The second kappa shape index (κ2) is 9.17. The van der Waals surface area contributed by atoms with E-state index in [2.05, 4.69) is 15.1 Å². The fraction of sp³-hybridized carbons (Fsp3) is 0.348. The van der Waals surface area contributed by atoms with Gasteiger partial charge in [-0.2, -0.15) is 5.10 Å². The van der Waals surface area contributed by atoms with Gasteiger partial charge in [0.05, 0.1) is 24.9 Å². The molecule has 0 spiro atoms. The van der Waals surface area contributed by atoms with E-state index in [1.54, 1.807) is 31.0 Å². The van der Waals surface area contributed by atoms with Crippen LogP contribution >= 0.6 is 0 Å². The molecule has 0 saturated carbocycles. The Morgan fingerprint density at radius 3 is 2.84 bits per heavy atom. The molecule has 3 aromatic rings. The first-order valence-corrected chi connectivity index (χ1v) is 10.5. The number of primary amides is 1. The minimum absolute atomic E-state index is 0.00937. The molecular weight excluding hydrogens is 408 g/mol. The number of benzene rings is 1. The first kappa shape index (κ1) is 21.5. The number of rotatable bonds is 6. The van der Waals surface area contributed by atoms with Gasteiger partial charge < -0.3 is 15.4 Å². The van der Waals surface area contributed by atoms with Crippen molar-refractivity contribution in [3.8, 4) is 5.75 Å². The van der Waals surface area contributed by atoms with E-state index in [4.69, 9.17) is 10.5 Å². The van der Waals surface area contributed by atoms with E-state index >= 15 is 0 Å². The van der Waals surface area contributed by atoms with E-state index in [-0.39, 0.29) is 11.8 Å². The predicted molar refractivity (Wildman–Crippen MR) is 117 cm³/mol. The molecule has 1 aromatic carbocycles. The number of carbonyl (C=O) groups is 2. The number of likely N-dealkylation sites (tertiary alicyclic amines) is 1. The standard InChI is InChI=1S/C23H26N6O3/c1-15-19(21(24)30)12-25-22(27-15)17-5-3-9-28(13-17)23(31)16-6-7-20(32-2)18(11-16)14-29-10-4-8-26-29/h4,6-8,10-12,17H,3,5,9,13-14H2,1-2H3,(H2,24,30)/t17-/m1/s1. The third-order valence-corrected chi connectivity index (χ3v) is 5.76. The van der Waals surface area contributed by atoms with Gasteiger partial charge in [0.15, 0.2) is 0 Å². The number of hydrogen-bond donors (Lipinski definition) is 1. The molecule has 0 radical (unpaired) electrons. The molecule has 2 N–H and O–H groups in total. The van der Waals surface area contributed by atoms with Crippen molar-refractivity contribution in [2.45, 2.75) is 32.2 Å². The van der Waals surface area contributed by atoms with Crippen LogP contribution in [0.1, 0.15) is 56.6 Å². The summed E-state index contributed by atoms with van der Waals surface area (Å²) in [5, 5.41) is 4.24. The molecule has 32 heavy (non-hydrogen) atoms. The Morgan fingerprint density at radius 2 is 2.16 bits per heavy atom. The van der Waals surface area contributed by atoms with Gasteiger partial charge in [-0.3, -0.25) is 14.3 Å². The largest absolute Gasteiger partial charge is 0.496 e. The van der Waals surface area contributed by atoms with Gasteiger partial charge in [-0.05, 0) is 44.0 Å². The van der Waals surface area contributed by atoms with Crippen molar-refractivity contribution in [1.29, 1.82) is 0 Å². The lowest BCUT2D eigenvalue weighted by molar-refractivity contribution is 0.0704. The molecule has 2 aromatic heterocycles. The minimum Gasteiger partial charge on any atom is -0.496 e. The first-order chi connectivity index (χ1) is 15.5. The second-order valence-electron chi connectivity index (χ2n) is 7.91. The Bertz CT molecular complexity index is 1130. The van der Waals surface area contributed by atoms with Crippen LogP contribution in [0.25, 0.3) is 0 Å². The van der Waals surface area contributed by atoms with Crippen LogP contribution in [-0.4, -0.2) is 56.7 Å². The van der Waals surface area contributed by atoms with Gasteiger partial charge >= 0.3 is 0 Å². The van der Waals surface area contributed by atoms with Crippen molar-refractivity contribution >= 4 is 11.8 Å². The summed E-state index contributed by atoms with van der Waals surface area (Å²) in [6, 6.07) is 7.34. The maximum atomic E-state index is 13.3. The number of carbonyl (C=O) groups excluding carboxylic acids is 2. The molecular formula is C23H26N6O3. The third-order valence-electron chi connectivity index (χ3n) is 5.76. The lowest BCUT2D eigenvalue weighted by atomic mass is 9.96. The average Bonchev–Trinajstić information content (AvgIpc) is 3.31.